The molecule has 0 unspecified atom stereocenters. The van der Waals surface area contributed by atoms with Crippen LogP contribution >= 0.6 is 0 Å². The SMILES string of the molecule is O=C[C@@H](O[C@H]1O[C@H](CO)[C@@H](O)[C@H](O)[C@H]1O)[C@@H](O)[C@H](O[C@H]1O[C@H](CO)[C@@H](O)[C@H](O)[C@H]1O)[C@H](O)CO. The number of aldehydes is 1. The van der Waals surface area contributed by atoms with Gasteiger partial charge in [0, 0.05) is 0 Å². The van der Waals surface area contributed by atoms with Crippen LogP contribution in [-0.4, -0.2) is 168 Å². The molecule has 14 atom stereocenters. The van der Waals surface area contributed by atoms with Crippen molar-refractivity contribution in [3.8, 4) is 0 Å². The number of aliphatic hydroxyl groups is 11. The van der Waals surface area contributed by atoms with Gasteiger partial charge in [0.2, 0.25) is 0 Å². The van der Waals surface area contributed by atoms with E-state index < -0.39 is 106 Å². The quantitative estimate of drug-likeness (QED) is 0.117. The van der Waals surface area contributed by atoms with E-state index in [1.165, 1.54) is 0 Å². The van der Waals surface area contributed by atoms with Gasteiger partial charge in [0.1, 0.15) is 73.2 Å². The molecule has 16 nitrogen and oxygen atoms in total. The van der Waals surface area contributed by atoms with E-state index in [1.54, 1.807) is 0 Å². The third-order valence-electron chi connectivity index (χ3n) is 5.65. The average Bonchev–Trinajstić information content (AvgIpc) is 2.84. The maximum absolute atomic E-state index is 11.6. The molecule has 16 heteroatoms. The van der Waals surface area contributed by atoms with Gasteiger partial charge in [-0.25, -0.2) is 0 Å². The fourth-order valence-electron chi connectivity index (χ4n) is 3.55. The number of rotatable bonds is 11. The highest BCUT2D eigenvalue weighted by Crippen LogP contribution is 2.27. The standard InChI is InChI=1S/C18H32O16/c19-1-5(23)16(34-18-15(30)13(28)10(25)7(3-21)32-18)11(26)8(4-22)33-17-14(29)12(27)9(24)6(2-20)31-17/h4-21,23-30H,1-3H2/t5-,6-,7-,8-,9-,10-,11-,12+,13+,14-,15-,16-,17-,18-/m1/s1. The topological polar surface area (TPSA) is 277 Å². The molecule has 0 aromatic rings. The summed E-state index contributed by atoms with van der Waals surface area (Å²) in [5.74, 6) is 0. The summed E-state index contributed by atoms with van der Waals surface area (Å²) in [5.41, 5.74) is 0. The van der Waals surface area contributed by atoms with E-state index in [0.717, 1.165) is 0 Å². The van der Waals surface area contributed by atoms with Gasteiger partial charge in [-0.15, -0.1) is 0 Å². The number of carbonyl (C=O) groups excluding carboxylic acids is 1. The fraction of sp³-hybridized carbons (Fsp3) is 0.944. The molecule has 0 aliphatic carbocycles. The Morgan fingerprint density at radius 3 is 1.53 bits per heavy atom. The van der Waals surface area contributed by atoms with Gasteiger partial charge in [-0.3, -0.25) is 0 Å². The Morgan fingerprint density at radius 1 is 0.706 bits per heavy atom. The zero-order chi connectivity index (χ0) is 25.7. The van der Waals surface area contributed by atoms with Gasteiger partial charge in [0.15, 0.2) is 18.9 Å². The summed E-state index contributed by atoms with van der Waals surface area (Å²) in [7, 11) is 0. The smallest absolute Gasteiger partial charge is 0.187 e. The molecule has 0 bridgehead atoms. The van der Waals surface area contributed by atoms with Crippen LogP contribution in [0.3, 0.4) is 0 Å². The lowest BCUT2D eigenvalue weighted by molar-refractivity contribution is -0.336. The Labute approximate surface area is 192 Å². The first-order chi connectivity index (χ1) is 16.0. The summed E-state index contributed by atoms with van der Waals surface area (Å²) < 4.78 is 20.6. The maximum atomic E-state index is 11.6. The van der Waals surface area contributed by atoms with Crippen LogP contribution in [0.15, 0.2) is 0 Å². The molecule has 2 aliphatic rings. The Hall–Kier alpha value is -0.930. The molecule has 34 heavy (non-hydrogen) atoms. The van der Waals surface area contributed by atoms with Gasteiger partial charge in [-0.05, 0) is 0 Å². The Balaban J connectivity index is 2.19. The highest BCUT2D eigenvalue weighted by atomic mass is 16.7. The van der Waals surface area contributed by atoms with Gasteiger partial charge >= 0.3 is 0 Å². The van der Waals surface area contributed by atoms with E-state index in [0.29, 0.717) is 0 Å². The van der Waals surface area contributed by atoms with Crippen LogP contribution in [0.1, 0.15) is 0 Å². The molecule has 11 N–H and O–H groups in total. The number of hydrogen-bond acceptors (Lipinski definition) is 16. The van der Waals surface area contributed by atoms with Crippen molar-refractivity contribution < 1.29 is 79.9 Å². The minimum atomic E-state index is -2.15. The van der Waals surface area contributed by atoms with Crippen molar-refractivity contribution in [1.29, 1.82) is 0 Å². The van der Waals surface area contributed by atoms with Gasteiger partial charge in [0.05, 0.1) is 19.8 Å². The summed E-state index contributed by atoms with van der Waals surface area (Å²) in [5, 5.41) is 108. The second-order valence-electron chi connectivity index (χ2n) is 7.97. The van der Waals surface area contributed by atoms with Crippen LogP contribution in [0.2, 0.25) is 0 Å². The van der Waals surface area contributed by atoms with Crippen LogP contribution < -0.4 is 0 Å². The predicted molar refractivity (Wildman–Crippen MR) is 102 cm³/mol. The molecule has 0 aromatic heterocycles. The zero-order valence-corrected chi connectivity index (χ0v) is 17.7. The first-order valence-electron chi connectivity index (χ1n) is 10.4. The van der Waals surface area contributed by atoms with Crippen LogP contribution in [0, 0.1) is 0 Å². The Kier molecular flexibility index (Phi) is 11.1. The second-order valence-corrected chi connectivity index (χ2v) is 7.97. The molecule has 0 amide bonds. The largest absolute Gasteiger partial charge is 0.394 e. The third-order valence-corrected chi connectivity index (χ3v) is 5.65. The van der Waals surface area contributed by atoms with Crippen molar-refractivity contribution in [2.75, 3.05) is 19.8 Å². The summed E-state index contributed by atoms with van der Waals surface area (Å²) in [6, 6.07) is 0. The molecule has 2 heterocycles. The van der Waals surface area contributed by atoms with Crippen molar-refractivity contribution in [3.63, 3.8) is 0 Å². The monoisotopic (exact) mass is 504 g/mol. The second kappa shape index (κ2) is 12.9. The number of aliphatic hydroxyl groups excluding tert-OH is 11. The van der Waals surface area contributed by atoms with E-state index in [9.17, 15) is 61.0 Å². The number of ether oxygens (including phenoxy) is 4. The lowest BCUT2D eigenvalue weighted by Crippen LogP contribution is -2.62. The van der Waals surface area contributed by atoms with E-state index in [1.807, 2.05) is 0 Å². The summed E-state index contributed by atoms with van der Waals surface area (Å²) in [6.45, 7) is -2.65. The average molecular weight is 504 g/mol. The first kappa shape index (κ1) is 29.3. The molecule has 0 spiro atoms. The molecule has 200 valence electrons. The molecule has 2 saturated heterocycles. The fourth-order valence-corrected chi connectivity index (χ4v) is 3.55. The van der Waals surface area contributed by atoms with E-state index >= 15 is 0 Å². The van der Waals surface area contributed by atoms with Crippen molar-refractivity contribution in [3.05, 3.63) is 0 Å². The predicted octanol–water partition coefficient (Wildman–Crippen LogP) is -7.73. The zero-order valence-electron chi connectivity index (χ0n) is 17.7. The minimum absolute atomic E-state index is 0.000146. The molecule has 0 saturated carbocycles. The van der Waals surface area contributed by atoms with Crippen molar-refractivity contribution >= 4 is 6.29 Å². The van der Waals surface area contributed by atoms with Crippen molar-refractivity contribution in [1.82, 2.24) is 0 Å². The normalized spacial score (nSPS) is 42.6. The molecule has 2 rings (SSSR count). The summed E-state index contributed by atoms with van der Waals surface area (Å²) >= 11 is 0. The van der Waals surface area contributed by atoms with Crippen LogP contribution in [0.5, 0.6) is 0 Å². The van der Waals surface area contributed by atoms with Crippen LogP contribution in [-0.2, 0) is 23.7 Å². The molecular formula is C18H32O16. The maximum Gasteiger partial charge on any atom is 0.187 e. The molecule has 0 aromatic carbocycles. The highest BCUT2D eigenvalue weighted by Gasteiger charge is 2.49. The molecule has 0 radical (unpaired) electrons. The van der Waals surface area contributed by atoms with Gasteiger partial charge < -0.3 is 79.9 Å². The van der Waals surface area contributed by atoms with Gasteiger partial charge in [-0.1, -0.05) is 0 Å². The lowest BCUT2D eigenvalue weighted by Gasteiger charge is -2.43. The van der Waals surface area contributed by atoms with E-state index in [4.69, 9.17) is 18.9 Å². The van der Waals surface area contributed by atoms with Crippen LogP contribution in [0.4, 0.5) is 0 Å². The molecule has 2 aliphatic heterocycles. The summed E-state index contributed by atoms with van der Waals surface area (Å²) in [4.78, 5) is 11.6. The highest BCUT2D eigenvalue weighted by molar-refractivity contribution is 5.57. The van der Waals surface area contributed by atoms with E-state index in [2.05, 4.69) is 0 Å². The Morgan fingerprint density at radius 2 is 1.15 bits per heavy atom. The van der Waals surface area contributed by atoms with Gasteiger partial charge in [-0.2, -0.15) is 0 Å². The first-order valence-corrected chi connectivity index (χ1v) is 10.4. The Bertz CT molecular complexity index is 621. The van der Waals surface area contributed by atoms with E-state index in [-0.39, 0.29) is 6.29 Å². The summed E-state index contributed by atoms with van der Waals surface area (Å²) in [6.07, 6.45) is -25.6. The van der Waals surface area contributed by atoms with Crippen molar-refractivity contribution in [2.24, 2.45) is 0 Å². The minimum Gasteiger partial charge on any atom is -0.394 e. The molecular weight excluding hydrogens is 472 g/mol. The molecule has 2 fully saturated rings. The van der Waals surface area contributed by atoms with Gasteiger partial charge in [0.25, 0.3) is 0 Å². The third kappa shape index (κ3) is 6.25. The van der Waals surface area contributed by atoms with Crippen molar-refractivity contribution in [2.45, 2.75) is 85.8 Å². The number of carbonyl (C=O) groups is 1. The van der Waals surface area contributed by atoms with Crippen LogP contribution in [0.25, 0.3) is 0 Å². The number of hydrogen-bond donors (Lipinski definition) is 11. The lowest BCUT2D eigenvalue weighted by atomic mass is 9.98.